The monoisotopic (exact) mass is 326 g/mol. The number of hydrogen-bond acceptors (Lipinski definition) is 4. The fourth-order valence-corrected chi connectivity index (χ4v) is 2.90. The van der Waals surface area contributed by atoms with Gasteiger partial charge in [0, 0.05) is 30.2 Å². The minimum Gasteiger partial charge on any atom is -0.493 e. The molecule has 1 atom stereocenters. The van der Waals surface area contributed by atoms with Gasteiger partial charge < -0.3 is 20.1 Å². The number of nitrogens with zero attached hydrogens (tertiary/aromatic N) is 1. The first-order valence-electron chi connectivity index (χ1n) is 7.54. The number of aliphatic carboxylic acids is 1. The van der Waals surface area contributed by atoms with Crippen molar-refractivity contribution in [2.45, 2.75) is 25.3 Å². The molecule has 122 valence electrons. The number of halogens is 1. The molecule has 2 rings (SSSR count). The van der Waals surface area contributed by atoms with Gasteiger partial charge in [0.25, 0.3) is 0 Å². The lowest BCUT2D eigenvalue weighted by Crippen LogP contribution is -2.47. The molecule has 0 spiro atoms. The number of carboxylic acid groups (broad SMARTS) is 1. The maximum absolute atomic E-state index is 10.6. The summed E-state index contributed by atoms with van der Waals surface area (Å²) in [5.41, 5.74) is -0.105. The largest absolute Gasteiger partial charge is 0.493 e. The van der Waals surface area contributed by atoms with Gasteiger partial charge in [0.05, 0.1) is 13.2 Å². The Kier molecular flexibility index (Phi) is 6.06. The number of nitrogens with one attached hydrogen (secondary N) is 1. The van der Waals surface area contributed by atoms with Gasteiger partial charge in [0.1, 0.15) is 5.75 Å². The number of carbonyl (C=O) groups is 1. The van der Waals surface area contributed by atoms with E-state index >= 15 is 0 Å². The number of hydrogen-bond donors (Lipinski definition) is 2. The maximum Gasteiger partial charge on any atom is 0.317 e. The second-order valence-electron chi connectivity index (χ2n) is 5.99. The van der Waals surface area contributed by atoms with Crippen molar-refractivity contribution in [1.29, 1.82) is 0 Å². The van der Waals surface area contributed by atoms with E-state index in [9.17, 15) is 4.79 Å². The molecule has 0 aromatic heterocycles. The molecule has 0 aliphatic carbocycles. The van der Waals surface area contributed by atoms with Gasteiger partial charge in [0.15, 0.2) is 0 Å². The Morgan fingerprint density at radius 3 is 3.09 bits per heavy atom. The minimum absolute atomic E-state index is 0.0161. The Morgan fingerprint density at radius 2 is 2.36 bits per heavy atom. The normalized spacial score (nSPS) is 21.9. The standard InChI is InChI=1S/C16H23ClN2O3/c1-16(18-11-15(20)21)6-8-19(12-16)7-3-9-22-14-5-2-4-13(17)10-14/h2,4-5,10,18H,3,6-9,11-12H2,1H3,(H,20,21). The van der Waals surface area contributed by atoms with Gasteiger partial charge in [-0.1, -0.05) is 17.7 Å². The van der Waals surface area contributed by atoms with E-state index in [4.69, 9.17) is 21.4 Å². The van der Waals surface area contributed by atoms with E-state index in [2.05, 4.69) is 17.1 Å². The van der Waals surface area contributed by atoms with Gasteiger partial charge in [-0.3, -0.25) is 4.79 Å². The van der Waals surface area contributed by atoms with Crippen molar-refractivity contribution in [1.82, 2.24) is 10.2 Å². The number of benzene rings is 1. The van der Waals surface area contributed by atoms with Gasteiger partial charge in [-0.2, -0.15) is 0 Å². The predicted octanol–water partition coefficient (Wildman–Crippen LogP) is 2.25. The van der Waals surface area contributed by atoms with Crippen LogP contribution in [0.15, 0.2) is 24.3 Å². The summed E-state index contributed by atoms with van der Waals surface area (Å²) < 4.78 is 5.67. The number of ether oxygens (including phenoxy) is 1. The van der Waals surface area contributed by atoms with Crippen molar-refractivity contribution in [3.05, 3.63) is 29.3 Å². The van der Waals surface area contributed by atoms with Gasteiger partial charge in [-0.15, -0.1) is 0 Å². The van der Waals surface area contributed by atoms with Gasteiger partial charge in [-0.05, 0) is 38.0 Å². The molecule has 1 fully saturated rings. The van der Waals surface area contributed by atoms with E-state index in [0.717, 1.165) is 38.2 Å². The molecule has 1 heterocycles. The quantitative estimate of drug-likeness (QED) is 0.717. The molecule has 0 radical (unpaired) electrons. The summed E-state index contributed by atoms with van der Waals surface area (Å²) in [5.74, 6) is -0.0171. The third-order valence-electron chi connectivity index (χ3n) is 3.90. The molecule has 1 unspecified atom stereocenters. The SMILES string of the molecule is CC1(NCC(=O)O)CCN(CCCOc2cccc(Cl)c2)C1. The first-order valence-corrected chi connectivity index (χ1v) is 7.92. The van der Waals surface area contributed by atoms with Gasteiger partial charge in [-0.25, -0.2) is 0 Å². The molecular formula is C16H23ClN2O3. The van der Waals surface area contributed by atoms with Crippen LogP contribution in [0.5, 0.6) is 5.75 Å². The molecule has 2 N–H and O–H groups in total. The molecule has 1 saturated heterocycles. The highest BCUT2D eigenvalue weighted by Crippen LogP contribution is 2.21. The second-order valence-corrected chi connectivity index (χ2v) is 6.43. The number of likely N-dealkylation sites (tertiary alicyclic amines) is 1. The summed E-state index contributed by atoms with van der Waals surface area (Å²) in [6.07, 6.45) is 1.90. The second kappa shape index (κ2) is 7.81. The lowest BCUT2D eigenvalue weighted by Gasteiger charge is -2.25. The molecule has 6 heteroatoms. The molecule has 5 nitrogen and oxygen atoms in total. The van der Waals surface area contributed by atoms with Crippen molar-refractivity contribution in [3.8, 4) is 5.75 Å². The summed E-state index contributed by atoms with van der Waals surface area (Å²) in [4.78, 5) is 13.0. The van der Waals surface area contributed by atoms with E-state index in [1.54, 1.807) is 0 Å². The minimum atomic E-state index is -0.811. The van der Waals surface area contributed by atoms with E-state index in [1.807, 2.05) is 24.3 Å². The highest BCUT2D eigenvalue weighted by molar-refractivity contribution is 6.30. The van der Waals surface area contributed by atoms with Crippen molar-refractivity contribution in [2.24, 2.45) is 0 Å². The smallest absolute Gasteiger partial charge is 0.317 e. The highest BCUT2D eigenvalue weighted by atomic mass is 35.5. The summed E-state index contributed by atoms with van der Waals surface area (Å²) in [7, 11) is 0. The van der Waals surface area contributed by atoms with Crippen molar-refractivity contribution in [3.63, 3.8) is 0 Å². The van der Waals surface area contributed by atoms with E-state index in [0.29, 0.717) is 11.6 Å². The Hall–Kier alpha value is -1.30. The number of rotatable bonds is 8. The Morgan fingerprint density at radius 1 is 1.55 bits per heavy atom. The summed E-state index contributed by atoms with van der Waals surface area (Å²) in [5, 5.41) is 12.6. The summed E-state index contributed by atoms with van der Waals surface area (Å²) >= 11 is 5.91. The molecule has 0 amide bonds. The molecule has 1 aromatic rings. The van der Waals surface area contributed by atoms with E-state index < -0.39 is 5.97 Å². The molecular weight excluding hydrogens is 304 g/mol. The Balaban J connectivity index is 1.65. The van der Waals surface area contributed by atoms with Crippen LogP contribution in [0.4, 0.5) is 0 Å². The zero-order valence-electron chi connectivity index (χ0n) is 12.8. The molecule has 0 bridgehead atoms. The van der Waals surface area contributed by atoms with E-state index in [1.165, 1.54) is 0 Å². The van der Waals surface area contributed by atoms with Crippen LogP contribution in [0.25, 0.3) is 0 Å². The third kappa shape index (κ3) is 5.48. The third-order valence-corrected chi connectivity index (χ3v) is 4.14. The molecule has 22 heavy (non-hydrogen) atoms. The van der Waals surface area contributed by atoms with Crippen LogP contribution in [-0.2, 0) is 4.79 Å². The lowest BCUT2D eigenvalue weighted by atomic mass is 10.0. The zero-order valence-corrected chi connectivity index (χ0v) is 13.6. The first kappa shape index (κ1) is 17.1. The first-order chi connectivity index (χ1) is 10.5. The van der Waals surface area contributed by atoms with Crippen LogP contribution in [-0.4, -0.2) is 54.3 Å². The van der Waals surface area contributed by atoms with Crippen molar-refractivity contribution in [2.75, 3.05) is 32.8 Å². The average molecular weight is 327 g/mol. The average Bonchev–Trinajstić information content (AvgIpc) is 2.84. The van der Waals surface area contributed by atoms with Gasteiger partial charge >= 0.3 is 5.97 Å². The van der Waals surface area contributed by atoms with Gasteiger partial charge in [0.2, 0.25) is 0 Å². The van der Waals surface area contributed by atoms with Crippen LogP contribution >= 0.6 is 11.6 Å². The summed E-state index contributed by atoms with van der Waals surface area (Å²) in [6.45, 7) is 5.55. The summed E-state index contributed by atoms with van der Waals surface area (Å²) in [6, 6.07) is 7.40. The maximum atomic E-state index is 10.6. The molecule has 1 aromatic carbocycles. The molecule has 1 aliphatic heterocycles. The predicted molar refractivity (Wildman–Crippen MR) is 86.7 cm³/mol. The van der Waals surface area contributed by atoms with Crippen molar-refractivity contribution >= 4 is 17.6 Å². The fourth-order valence-electron chi connectivity index (χ4n) is 2.72. The van der Waals surface area contributed by atoms with Crippen LogP contribution in [0.2, 0.25) is 5.02 Å². The topological polar surface area (TPSA) is 61.8 Å². The Labute approximate surface area is 136 Å². The van der Waals surface area contributed by atoms with Crippen LogP contribution < -0.4 is 10.1 Å². The number of carboxylic acids is 1. The van der Waals surface area contributed by atoms with Crippen molar-refractivity contribution < 1.29 is 14.6 Å². The van der Waals surface area contributed by atoms with E-state index in [-0.39, 0.29) is 12.1 Å². The Bertz CT molecular complexity index is 512. The molecule has 1 aliphatic rings. The van der Waals surface area contributed by atoms with Crippen LogP contribution in [0, 0.1) is 0 Å². The highest BCUT2D eigenvalue weighted by Gasteiger charge is 2.33. The molecule has 0 saturated carbocycles. The van der Waals surface area contributed by atoms with Crippen LogP contribution in [0.3, 0.4) is 0 Å². The lowest BCUT2D eigenvalue weighted by molar-refractivity contribution is -0.136. The fraction of sp³-hybridized carbons (Fsp3) is 0.562. The zero-order chi connectivity index (χ0) is 16.0. The van der Waals surface area contributed by atoms with Crippen LogP contribution in [0.1, 0.15) is 19.8 Å².